The van der Waals surface area contributed by atoms with Gasteiger partial charge in [0.25, 0.3) is 0 Å². The summed E-state index contributed by atoms with van der Waals surface area (Å²) >= 11 is 8.85. The molecule has 0 aromatic heterocycles. The topological polar surface area (TPSA) is 101 Å². The molecule has 0 aliphatic carbocycles. The molecule has 2 fully saturated rings. The van der Waals surface area contributed by atoms with Crippen LogP contribution in [-0.2, 0) is 45.7 Å². The highest BCUT2D eigenvalue weighted by Crippen LogP contribution is 2.35. The van der Waals surface area contributed by atoms with Gasteiger partial charge in [0, 0.05) is 67.6 Å². The van der Waals surface area contributed by atoms with Crippen LogP contribution >= 0.6 is 34.2 Å². The van der Waals surface area contributed by atoms with Crippen LogP contribution in [0.2, 0.25) is 5.02 Å². The predicted molar refractivity (Wildman–Crippen MR) is 286 cm³/mol. The molecule has 3 aliphatic heterocycles. The Bertz CT molecular complexity index is 2370. The van der Waals surface area contributed by atoms with Gasteiger partial charge in [0.2, 0.25) is 15.9 Å². The van der Waals surface area contributed by atoms with Gasteiger partial charge in [-0.15, -0.1) is 0 Å². The molecule has 1 unspecified atom stereocenters. The van der Waals surface area contributed by atoms with E-state index in [2.05, 4.69) is 74.9 Å². The first-order chi connectivity index (χ1) is 33.3. The molecule has 14 heteroatoms. The van der Waals surface area contributed by atoms with Crippen LogP contribution in [0.25, 0.3) is 0 Å². The van der Waals surface area contributed by atoms with Gasteiger partial charge in [-0.1, -0.05) is 61.0 Å². The van der Waals surface area contributed by atoms with E-state index in [1.165, 1.54) is 5.56 Å². The molecule has 374 valence electrons. The van der Waals surface area contributed by atoms with Crippen molar-refractivity contribution in [2.75, 3.05) is 65.6 Å². The number of anilines is 1. The smallest absolute Gasteiger partial charge is 0.243 e. The van der Waals surface area contributed by atoms with Crippen molar-refractivity contribution < 1.29 is 32.2 Å². The van der Waals surface area contributed by atoms with Crippen LogP contribution in [-0.4, -0.2) is 106 Å². The van der Waals surface area contributed by atoms with Gasteiger partial charge in [-0.25, -0.2) is 8.42 Å². The number of rotatable bonds is 19. The third-order valence-electron chi connectivity index (χ3n) is 14.5. The quantitative estimate of drug-likeness (QED) is 0.0671. The number of likely N-dealkylation sites (tertiary alicyclic amines) is 1. The Balaban J connectivity index is 1.11. The molecule has 0 radical (unpaired) electrons. The number of hydrogen-bond acceptors (Lipinski definition) is 9. The molecular formula is C55H72ClIN4O7S. The Hall–Kier alpha value is -3.86. The number of carbonyl (C=O) groups is 1. The lowest BCUT2D eigenvalue weighted by Gasteiger charge is -2.37. The number of sulfonamides is 1. The summed E-state index contributed by atoms with van der Waals surface area (Å²) in [5.74, 6) is 2.66. The number of amides is 1. The van der Waals surface area contributed by atoms with Crippen molar-refractivity contribution in [3.8, 4) is 17.2 Å². The van der Waals surface area contributed by atoms with Crippen molar-refractivity contribution >= 4 is 55.8 Å². The average molecular weight is 1100 g/mol. The molecule has 0 spiro atoms. The minimum atomic E-state index is -3.80. The normalized spacial score (nSPS) is 18.7. The third-order valence-corrected chi connectivity index (χ3v) is 17.8. The molecule has 4 aromatic carbocycles. The SMILES string of the molecule is COc1ccc(CN(Cc2ccc(OC)cc2)S(=O)(=O)[C@H](C)[C@@H](C)C/C=C/C(C(=O)N(C)CCC2CCOCC2)N2CCC[C@H]2CN2CCCCc3cc(Cl)ccc3COc3ccc(I)cc32)cc1. The predicted octanol–water partition coefficient (Wildman–Crippen LogP) is 10.8. The highest BCUT2D eigenvalue weighted by atomic mass is 127. The minimum absolute atomic E-state index is 0.0795. The van der Waals surface area contributed by atoms with E-state index in [-0.39, 0.29) is 31.0 Å². The fourth-order valence-corrected chi connectivity index (χ4v) is 12.4. The van der Waals surface area contributed by atoms with Gasteiger partial charge in [0.05, 0.1) is 25.2 Å². The Labute approximate surface area is 430 Å². The Morgan fingerprint density at radius 3 is 2.22 bits per heavy atom. The molecule has 0 bridgehead atoms. The second-order valence-electron chi connectivity index (χ2n) is 19.2. The first kappa shape index (κ1) is 53.0. The molecule has 3 aliphatic rings. The number of aryl methyl sites for hydroxylation is 1. The number of nitrogens with zero attached hydrogens (tertiary/aromatic N) is 4. The van der Waals surface area contributed by atoms with Gasteiger partial charge in [-0.05, 0) is 183 Å². The number of likely N-dealkylation sites (N-methyl/N-ethyl adjacent to an activating group) is 1. The maximum atomic E-state index is 14.9. The van der Waals surface area contributed by atoms with Crippen LogP contribution in [0.4, 0.5) is 5.69 Å². The standard InChI is InChI=1S/C55H72ClIN4O7S/c1-40(41(2)69(63,64)60(36-43-14-21-50(65-4)22-15-43)37-44-16-23-51(66-5)24-17-44)10-8-13-52(55(62)58(3)31-26-42-27-32-67-33-28-42)61-30-9-12-49(61)38-59-29-7-6-11-45-34-47(56)19-18-46(45)39-68-54-25-20-48(57)35-53(54)59/h8,13-25,34-35,40-42,49,52H,6-7,9-12,26-33,36-39H2,1-5H3/b13-8+/t40-,41+,49-,52?/m0/s1. The molecular weight excluding hydrogens is 1020 g/mol. The number of benzene rings is 4. The molecule has 4 atom stereocenters. The average Bonchev–Trinajstić information content (AvgIpc) is 3.81. The molecule has 69 heavy (non-hydrogen) atoms. The minimum Gasteiger partial charge on any atom is -0.497 e. The van der Waals surface area contributed by atoms with E-state index >= 15 is 0 Å². The van der Waals surface area contributed by atoms with Crippen LogP contribution in [0.3, 0.4) is 0 Å². The summed E-state index contributed by atoms with van der Waals surface area (Å²) < 4.78 is 55.2. The second-order valence-corrected chi connectivity index (χ2v) is 23.1. The second kappa shape index (κ2) is 25.5. The van der Waals surface area contributed by atoms with E-state index < -0.39 is 21.3 Å². The summed E-state index contributed by atoms with van der Waals surface area (Å²) in [4.78, 5) is 21.7. The zero-order chi connectivity index (χ0) is 48.9. The molecule has 11 nitrogen and oxygen atoms in total. The highest BCUT2D eigenvalue weighted by Gasteiger charge is 2.37. The lowest BCUT2D eigenvalue weighted by molar-refractivity contribution is -0.134. The van der Waals surface area contributed by atoms with Gasteiger partial charge in [-0.3, -0.25) is 9.69 Å². The highest BCUT2D eigenvalue weighted by molar-refractivity contribution is 14.1. The van der Waals surface area contributed by atoms with Crippen LogP contribution in [0.5, 0.6) is 17.2 Å². The number of halogens is 2. The van der Waals surface area contributed by atoms with Gasteiger partial charge < -0.3 is 28.7 Å². The van der Waals surface area contributed by atoms with E-state index in [0.29, 0.717) is 37.0 Å². The molecule has 3 heterocycles. The number of methoxy groups -OCH3 is 2. The number of fused-ring (bicyclic) bond motifs is 2. The van der Waals surface area contributed by atoms with E-state index in [1.807, 2.05) is 80.4 Å². The Morgan fingerprint density at radius 2 is 1.55 bits per heavy atom. The summed E-state index contributed by atoms with van der Waals surface area (Å²) in [6, 6.07) is 27.2. The van der Waals surface area contributed by atoms with Crippen molar-refractivity contribution in [1.82, 2.24) is 14.1 Å². The van der Waals surface area contributed by atoms with Crippen LogP contribution in [0, 0.1) is 15.4 Å². The number of carbonyl (C=O) groups excluding carboxylic acids is 1. The molecule has 1 amide bonds. The number of allylic oxidation sites excluding steroid dienone is 1. The number of hydrogen-bond donors (Lipinski definition) is 0. The van der Waals surface area contributed by atoms with E-state index in [0.717, 1.165) is 121 Å². The fourth-order valence-electron chi connectivity index (χ4n) is 9.92. The van der Waals surface area contributed by atoms with Crippen LogP contribution in [0.15, 0.2) is 97.1 Å². The maximum Gasteiger partial charge on any atom is 0.243 e. The summed E-state index contributed by atoms with van der Waals surface area (Å²) in [6.07, 6.45) is 12.5. The van der Waals surface area contributed by atoms with Gasteiger partial charge in [-0.2, -0.15) is 4.31 Å². The summed E-state index contributed by atoms with van der Waals surface area (Å²) in [5, 5.41) is 0.0463. The summed E-state index contributed by atoms with van der Waals surface area (Å²) in [5.41, 5.74) is 5.22. The number of ether oxygens (including phenoxy) is 4. The molecule has 0 saturated carbocycles. The zero-order valence-electron chi connectivity index (χ0n) is 41.2. The Morgan fingerprint density at radius 1 is 0.870 bits per heavy atom. The van der Waals surface area contributed by atoms with Crippen molar-refractivity contribution in [2.24, 2.45) is 11.8 Å². The van der Waals surface area contributed by atoms with E-state index in [1.54, 1.807) is 18.5 Å². The zero-order valence-corrected chi connectivity index (χ0v) is 44.9. The van der Waals surface area contributed by atoms with Crippen molar-refractivity contribution in [2.45, 2.75) is 109 Å². The Kier molecular flexibility index (Phi) is 19.6. The molecule has 2 saturated heterocycles. The molecule has 0 N–H and O–H groups in total. The van der Waals surface area contributed by atoms with Crippen molar-refractivity contribution in [1.29, 1.82) is 0 Å². The first-order valence-corrected chi connectivity index (χ1v) is 27.7. The van der Waals surface area contributed by atoms with E-state index in [9.17, 15) is 13.2 Å². The summed E-state index contributed by atoms with van der Waals surface area (Å²) in [7, 11) is 1.38. The molecule has 7 rings (SSSR count). The van der Waals surface area contributed by atoms with Gasteiger partial charge >= 0.3 is 0 Å². The largest absolute Gasteiger partial charge is 0.497 e. The molecule has 4 aromatic rings. The van der Waals surface area contributed by atoms with Crippen LogP contribution in [0.1, 0.15) is 87.5 Å². The lowest BCUT2D eigenvalue weighted by Crippen LogP contribution is -2.51. The third kappa shape index (κ3) is 14.4. The van der Waals surface area contributed by atoms with Crippen molar-refractivity contribution in [3.63, 3.8) is 0 Å². The van der Waals surface area contributed by atoms with Gasteiger partial charge in [0.15, 0.2) is 0 Å². The van der Waals surface area contributed by atoms with Crippen LogP contribution < -0.4 is 19.1 Å². The van der Waals surface area contributed by atoms with Crippen molar-refractivity contribution in [3.05, 3.63) is 128 Å². The fraction of sp³-hybridized carbons (Fsp3) is 0.509. The van der Waals surface area contributed by atoms with Gasteiger partial charge in [0.1, 0.15) is 29.9 Å². The first-order valence-electron chi connectivity index (χ1n) is 24.8. The lowest BCUT2D eigenvalue weighted by atomic mass is 9.96. The maximum absolute atomic E-state index is 14.9. The monoisotopic (exact) mass is 1090 g/mol. The van der Waals surface area contributed by atoms with E-state index in [4.69, 9.17) is 30.5 Å². The summed E-state index contributed by atoms with van der Waals surface area (Å²) in [6.45, 7) is 9.36.